The summed E-state index contributed by atoms with van der Waals surface area (Å²) in [5, 5.41) is 2.33. The van der Waals surface area contributed by atoms with E-state index in [0.717, 1.165) is 12.1 Å². The van der Waals surface area contributed by atoms with Gasteiger partial charge in [-0.15, -0.1) is 0 Å². The van der Waals surface area contributed by atoms with Crippen molar-refractivity contribution in [3.8, 4) is 0 Å². The first-order valence-corrected chi connectivity index (χ1v) is 4.68. The van der Waals surface area contributed by atoms with E-state index in [2.05, 4.69) is 21.2 Å². The number of benzene rings is 1. The van der Waals surface area contributed by atoms with E-state index in [0.29, 0.717) is 0 Å². The summed E-state index contributed by atoms with van der Waals surface area (Å²) in [6.45, 7) is 0. The molecule has 0 spiro atoms. The van der Waals surface area contributed by atoms with Crippen LogP contribution in [0.4, 0.5) is 8.78 Å². The largest absolute Gasteiger partial charge is 0.359 e. The van der Waals surface area contributed by atoms with Gasteiger partial charge in [-0.3, -0.25) is 4.79 Å². The second-order valence-corrected chi connectivity index (χ2v) is 3.56. The van der Waals surface area contributed by atoms with Crippen LogP contribution in [0.3, 0.4) is 0 Å². The highest BCUT2D eigenvalue weighted by Crippen LogP contribution is 2.20. The Hall–Kier alpha value is -0.970. The molecular weight excluding hydrogens is 256 g/mol. The lowest BCUT2D eigenvalue weighted by molar-refractivity contribution is -0.120. The maximum atomic E-state index is 13.2. The van der Waals surface area contributed by atoms with Gasteiger partial charge in [-0.2, -0.15) is 0 Å². The predicted octanol–water partition coefficient (Wildman–Crippen LogP) is 2.02. The summed E-state index contributed by atoms with van der Waals surface area (Å²) in [6, 6.07) is 2.02. The zero-order valence-electron chi connectivity index (χ0n) is 7.40. The van der Waals surface area contributed by atoms with Crippen molar-refractivity contribution in [1.82, 2.24) is 5.32 Å². The van der Waals surface area contributed by atoms with Crippen molar-refractivity contribution in [3.05, 3.63) is 33.8 Å². The van der Waals surface area contributed by atoms with Gasteiger partial charge >= 0.3 is 0 Å². The van der Waals surface area contributed by atoms with E-state index in [1.54, 1.807) is 0 Å². The molecule has 76 valence electrons. The van der Waals surface area contributed by atoms with Gasteiger partial charge in [-0.25, -0.2) is 8.78 Å². The number of likely N-dealkylation sites (N-methyl/N-ethyl adjacent to an activating group) is 1. The van der Waals surface area contributed by atoms with Crippen LogP contribution in [0, 0.1) is 11.6 Å². The fourth-order valence-electron chi connectivity index (χ4n) is 0.961. The molecule has 0 fully saturated rings. The summed E-state index contributed by atoms with van der Waals surface area (Å²) < 4.78 is 26.2. The highest BCUT2D eigenvalue weighted by Gasteiger charge is 2.10. The molecule has 0 bridgehead atoms. The molecule has 0 aliphatic carbocycles. The maximum Gasteiger partial charge on any atom is 0.224 e. The highest BCUT2D eigenvalue weighted by atomic mass is 79.9. The van der Waals surface area contributed by atoms with E-state index < -0.39 is 11.6 Å². The van der Waals surface area contributed by atoms with Crippen LogP contribution in [0.25, 0.3) is 0 Å². The summed E-state index contributed by atoms with van der Waals surface area (Å²) in [7, 11) is 1.44. The molecule has 0 aliphatic heterocycles. The minimum Gasteiger partial charge on any atom is -0.359 e. The predicted molar refractivity (Wildman–Crippen MR) is 51.8 cm³/mol. The number of amides is 1. The third-order valence-electron chi connectivity index (χ3n) is 1.72. The average Bonchev–Trinajstić information content (AvgIpc) is 2.14. The van der Waals surface area contributed by atoms with Crippen molar-refractivity contribution in [1.29, 1.82) is 0 Å². The van der Waals surface area contributed by atoms with Crippen LogP contribution in [0.15, 0.2) is 16.6 Å². The SMILES string of the molecule is CNC(=O)Cc1cc(F)c(Br)cc1F. The lowest BCUT2D eigenvalue weighted by Gasteiger charge is -2.03. The molecular formula is C9H8BrF2NO. The summed E-state index contributed by atoms with van der Waals surface area (Å²) >= 11 is 2.85. The molecule has 0 aliphatic rings. The van der Waals surface area contributed by atoms with Gasteiger partial charge < -0.3 is 5.32 Å². The van der Waals surface area contributed by atoms with Crippen molar-refractivity contribution >= 4 is 21.8 Å². The Morgan fingerprint density at radius 1 is 1.43 bits per heavy atom. The fourth-order valence-corrected chi connectivity index (χ4v) is 1.28. The van der Waals surface area contributed by atoms with Gasteiger partial charge in [0.15, 0.2) is 0 Å². The Bertz CT molecular complexity index is 368. The number of carbonyl (C=O) groups excluding carboxylic acids is 1. The monoisotopic (exact) mass is 263 g/mol. The van der Waals surface area contributed by atoms with Crippen molar-refractivity contribution < 1.29 is 13.6 Å². The van der Waals surface area contributed by atoms with Gasteiger partial charge in [0.2, 0.25) is 5.91 Å². The van der Waals surface area contributed by atoms with E-state index in [1.165, 1.54) is 7.05 Å². The molecule has 1 amide bonds. The first-order valence-electron chi connectivity index (χ1n) is 3.88. The molecule has 14 heavy (non-hydrogen) atoms. The van der Waals surface area contributed by atoms with Crippen LogP contribution in [-0.2, 0) is 11.2 Å². The smallest absolute Gasteiger partial charge is 0.224 e. The molecule has 1 rings (SSSR count). The molecule has 0 radical (unpaired) electrons. The van der Waals surface area contributed by atoms with E-state index in [1.807, 2.05) is 0 Å². The minimum atomic E-state index is -0.595. The Balaban J connectivity index is 2.98. The van der Waals surface area contributed by atoms with Crippen molar-refractivity contribution in [2.75, 3.05) is 7.05 Å². The van der Waals surface area contributed by atoms with Crippen molar-refractivity contribution in [2.24, 2.45) is 0 Å². The normalized spacial score (nSPS) is 10.0. The third-order valence-corrected chi connectivity index (χ3v) is 2.33. The molecule has 0 atom stereocenters. The van der Waals surface area contributed by atoms with Gasteiger partial charge in [0, 0.05) is 12.6 Å². The molecule has 0 saturated heterocycles. The summed E-state index contributed by atoms with van der Waals surface area (Å²) in [6.07, 6.45) is -0.160. The number of hydrogen-bond donors (Lipinski definition) is 1. The lowest BCUT2D eigenvalue weighted by Crippen LogP contribution is -2.20. The second kappa shape index (κ2) is 4.50. The lowest BCUT2D eigenvalue weighted by atomic mass is 10.1. The topological polar surface area (TPSA) is 29.1 Å². The maximum absolute atomic E-state index is 13.2. The van der Waals surface area contributed by atoms with Crippen LogP contribution >= 0.6 is 15.9 Å². The molecule has 0 unspecified atom stereocenters. The molecule has 0 saturated carbocycles. The quantitative estimate of drug-likeness (QED) is 0.813. The van der Waals surface area contributed by atoms with Gasteiger partial charge in [0.1, 0.15) is 11.6 Å². The number of rotatable bonds is 2. The molecule has 5 heteroatoms. The van der Waals surface area contributed by atoms with E-state index in [4.69, 9.17) is 0 Å². The third kappa shape index (κ3) is 2.51. The highest BCUT2D eigenvalue weighted by molar-refractivity contribution is 9.10. The molecule has 1 aromatic rings. The second-order valence-electron chi connectivity index (χ2n) is 2.71. The molecule has 1 aromatic carbocycles. The summed E-state index contributed by atoms with van der Waals surface area (Å²) in [4.78, 5) is 10.9. The average molecular weight is 264 g/mol. The Morgan fingerprint density at radius 3 is 2.64 bits per heavy atom. The fraction of sp³-hybridized carbons (Fsp3) is 0.222. The van der Waals surface area contributed by atoms with Crippen LogP contribution in [0.1, 0.15) is 5.56 Å². The first kappa shape index (κ1) is 11.1. The van der Waals surface area contributed by atoms with Crippen LogP contribution in [-0.4, -0.2) is 13.0 Å². The van der Waals surface area contributed by atoms with Gasteiger partial charge in [0.25, 0.3) is 0 Å². The number of hydrogen-bond acceptors (Lipinski definition) is 1. The van der Waals surface area contributed by atoms with Crippen molar-refractivity contribution in [3.63, 3.8) is 0 Å². The Morgan fingerprint density at radius 2 is 2.07 bits per heavy atom. The summed E-state index contributed by atoms with van der Waals surface area (Å²) in [5.41, 5.74) is 0.0463. The first-order chi connectivity index (χ1) is 6.54. The molecule has 0 aromatic heterocycles. The van der Waals surface area contributed by atoms with Crippen molar-refractivity contribution in [2.45, 2.75) is 6.42 Å². The van der Waals surface area contributed by atoms with Gasteiger partial charge in [0.05, 0.1) is 10.9 Å². The zero-order valence-corrected chi connectivity index (χ0v) is 8.99. The standard InChI is InChI=1S/C9H8BrF2NO/c1-13-9(14)3-5-2-8(12)6(10)4-7(5)11/h2,4H,3H2,1H3,(H,13,14). The summed E-state index contributed by atoms with van der Waals surface area (Å²) in [5.74, 6) is -1.53. The van der Waals surface area contributed by atoms with E-state index >= 15 is 0 Å². The van der Waals surface area contributed by atoms with Crippen LogP contribution < -0.4 is 5.32 Å². The molecule has 0 heterocycles. The van der Waals surface area contributed by atoms with E-state index in [-0.39, 0.29) is 22.4 Å². The number of nitrogens with one attached hydrogen (secondary N) is 1. The molecule has 1 N–H and O–H groups in total. The van der Waals surface area contributed by atoms with Crippen LogP contribution in [0.2, 0.25) is 0 Å². The van der Waals surface area contributed by atoms with Crippen LogP contribution in [0.5, 0.6) is 0 Å². The minimum absolute atomic E-state index is 0.0463. The zero-order chi connectivity index (χ0) is 10.7. The van der Waals surface area contributed by atoms with Gasteiger partial charge in [-0.05, 0) is 28.1 Å². The van der Waals surface area contributed by atoms with Gasteiger partial charge in [-0.1, -0.05) is 0 Å². The number of halogens is 3. The van der Waals surface area contributed by atoms with E-state index in [9.17, 15) is 13.6 Å². The molecule has 2 nitrogen and oxygen atoms in total. The Labute approximate surface area is 88.4 Å². The number of carbonyl (C=O) groups is 1. The Kier molecular flexibility index (Phi) is 3.57.